The Balaban J connectivity index is 1.53. The summed E-state index contributed by atoms with van der Waals surface area (Å²) in [4.78, 5) is 31.9. The van der Waals surface area contributed by atoms with Crippen LogP contribution in [0.2, 0.25) is 5.02 Å². The summed E-state index contributed by atoms with van der Waals surface area (Å²) in [7, 11) is 0. The minimum atomic E-state index is -0.172. The van der Waals surface area contributed by atoms with Gasteiger partial charge in [-0.2, -0.15) is 0 Å². The SMILES string of the molecule is Cc1ccc(NC(=O)CSc2nc3scc(-c4ccc(Cl)cc4)c3c(=O)n2-c2ccccc2)cc1. The Bertz CT molecular complexity index is 1560. The molecule has 0 spiro atoms. The third-order valence-corrected chi connectivity index (χ3v) is 7.48. The van der Waals surface area contributed by atoms with Crippen LogP contribution in [0.1, 0.15) is 5.56 Å². The number of thioether (sulfide) groups is 1. The highest BCUT2D eigenvalue weighted by Crippen LogP contribution is 2.33. The maximum Gasteiger partial charge on any atom is 0.268 e. The molecule has 174 valence electrons. The van der Waals surface area contributed by atoms with Crippen LogP contribution in [0.5, 0.6) is 0 Å². The Morgan fingerprint density at radius 3 is 2.46 bits per heavy atom. The van der Waals surface area contributed by atoms with Crippen molar-refractivity contribution in [3.05, 3.63) is 105 Å². The van der Waals surface area contributed by atoms with Crippen LogP contribution in [0.25, 0.3) is 27.0 Å². The van der Waals surface area contributed by atoms with Gasteiger partial charge in [0.15, 0.2) is 5.16 Å². The fourth-order valence-electron chi connectivity index (χ4n) is 3.68. The zero-order chi connectivity index (χ0) is 24.4. The quantitative estimate of drug-likeness (QED) is 0.198. The first-order chi connectivity index (χ1) is 17.0. The summed E-state index contributed by atoms with van der Waals surface area (Å²) in [5.41, 5.74) is 4.09. The predicted octanol–water partition coefficient (Wildman–Crippen LogP) is 6.81. The number of hydrogen-bond donors (Lipinski definition) is 1. The average Bonchev–Trinajstić information content (AvgIpc) is 3.29. The number of nitrogens with zero attached hydrogens (tertiary/aromatic N) is 2. The molecule has 8 heteroatoms. The summed E-state index contributed by atoms with van der Waals surface area (Å²) >= 11 is 8.71. The van der Waals surface area contributed by atoms with Gasteiger partial charge in [-0.15, -0.1) is 11.3 Å². The number of carbonyl (C=O) groups excluding carboxylic acids is 1. The van der Waals surface area contributed by atoms with Gasteiger partial charge in [-0.25, -0.2) is 4.98 Å². The molecule has 0 aliphatic carbocycles. The van der Waals surface area contributed by atoms with E-state index in [2.05, 4.69) is 5.32 Å². The van der Waals surface area contributed by atoms with Crippen molar-refractivity contribution in [2.45, 2.75) is 12.1 Å². The Morgan fingerprint density at radius 1 is 1.03 bits per heavy atom. The molecule has 0 atom stereocenters. The molecule has 35 heavy (non-hydrogen) atoms. The second kappa shape index (κ2) is 10.1. The molecule has 5 aromatic rings. The number of carbonyl (C=O) groups is 1. The molecule has 0 aliphatic rings. The summed E-state index contributed by atoms with van der Waals surface area (Å²) in [6, 6.07) is 24.4. The van der Waals surface area contributed by atoms with Crippen molar-refractivity contribution in [2.24, 2.45) is 0 Å². The molecule has 0 aliphatic heterocycles. The van der Waals surface area contributed by atoms with Crippen molar-refractivity contribution in [2.75, 3.05) is 11.1 Å². The van der Waals surface area contributed by atoms with Crippen LogP contribution in [0.15, 0.2) is 94.2 Å². The summed E-state index contributed by atoms with van der Waals surface area (Å²) in [5, 5.41) is 6.49. The lowest BCUT2D eigenvalue weighted by Crippen LogP contribution is -2.22. The summed E-state index contributed by atoms with van der Waals surface area (Å²) in [5.74, 6) is -0.0468. The molecule has 2 heterocycles. The normalized spacial score (nSPS) is 11.0. The fourth-order valence-corrected chi connectivity index (χ4v) is 5.61. The summed E-state index contributed by atoms with van der Waals surface area (Å²) in [6.45, 7) is 2.00. The van der Waals surface area contributed by atoms with Crippen molar-refractivity contribution in [3.8, 4) is 16.8 Å². The zero-order valence-electron chi connectivity index (χ0n) is 18.7. The molecule has 1 N–H and O–H groups in total. The van der Waals surface area contributed by atoms with Crippen LogP contribution in [0.3, 0.4) is 0 Å². The number of thiophene rings is 1. The molecule has 0 bridgehead atoms. The van der Waals surface area contributed by atoms with Gasteiger partial charge in [-0.05, 0) is 48.9 Å². The van der Waals surface area contributed by atoms with Gasteiger partial charge >= 0.3 is 0 Å². The number of rotatable bonds is 6. The number of anilines is 1. The maximum absolute atomic E-state index is 13.8. The van der Waals surface area contributed by atoms with Crippen LogP contribution in [0.4, 0.5) is 5.69 Å². The fraction of sp³-hybridized carbons (Fsp3) is 0.0741. The van der Waals surface area contributed by atoms with Gasteiger partial charge < -0.3 is 5.32 Å². The first kappa shape index (κ1) is 23.4. The monoisotopic (exact) mass is 517 g/mol. The average molecular weight is 518 g/mol. The third-order valence-electron chi connectivity index (χ3n) is 5.41. The molecule has 0 saturated heterocycles. The minimum Gasteiger partial charge on any atom is -0.325 e. The molecular formula is C27H20ClN3O2S2. The molecule has 3 aromatic carbocycles. The van der Waals surface area contributed by atoms with Gasteiger partial charge in [-0.3, -0.25) is 14.2 Å². The van der Waals surface area contributed by atoms with Crippen molar-refractivity contribution >= 4 is 56.5 Å². The van der Waals surface area contributed by atoms with Gasteiger partial charge in [0, 0.05) is 21.7 Å². The number of aromatic nitrogens is 2. The van der Waals surface area contributed by atoms with E-state index in [0.29, 0.717) is 26.1 Å². The lowest BCUT2D eigenvalue weighted by atomic mass is 10.1. The van der Waals surface area contributed by atoms with E-state index in [1.165, 1.54) is 23.1 Å². The number of halogens is 1. The van der Waals surface area contributed by atoms with Crippen LogP contribution in [0, 0.1) is 6.92 Å². The zero-order valence-corrected chi connectivity index (χ0v) is 21.1. The molecule has 0 saturated carbocycles. The van der Waals surface area contributed by atoms with Crippen LogP contribution in [-0.4, -0.2) is 21.2 Å². The number of nitrogens with one attached hydrogen (secondary N) is 1. The van der Waals surface area contributed by atoms with E-state index < -0.39 is 0 Å². The van der Waals surface area contributed by atoms with Crippen LogP contribution >= 0.6 is 34.7 Å². The van der Waals surface area contributed by atoms with Crippen LogP contribution in [-0.2, 0) is 4.79 Å². The van der Waals surface area contributed by atoms with E-state index in [-0.39, 0.29) is 17.2 Å². The first-order valence-electron chi connectivity index (χ1n) is 10.8. The van der Waals surface area contributed by atoms with E-state index in [9.17, 15) is 9.59 Å². The Kier molecular flexibility index (Phi) is 6.72. The number of aryl methyl sites for hydroxylation is 1. The van der Waals surface area contributed by atoms with E-state index in [0.717, 1.165) is 22.4 Å². The van der Waals surface area contributed by atoms with E-state index >= 15 is 0 Å². The molecule has 0 fully saturated rings. The largest absolute Gasteiger partial charge is 0.325 e. The number of hydrogen-bond acceptors (Lipinski definition) is 5. The molecule has 1 amide bonds. The second-order valence-electron chi connectivity index (χ2n) is 7.91. The van der Waals surface area contributed by atoms with Crippen molar-refractivity contribution in [1.82, 2.24) is 9.55 Å². The van der Waals surface area contributed by atoms with Gasteiger partial charge in [-0.1, -0.05) is 71.4 Å². The molecule has 0 unspecified atom stereocenters. The second-order valence-corrected chi connectivity index (χ2v) is 10.1. The first-order valence-corrected chi connectivity index (χ1v) is 13.1. The highest BCUT2D eigenvalue weighted by molar-refractivity contribution is 7.99. The Morgan fingerprint density at radius 2 is 1.74 bits per heavy atom. The van der Waals surface area contributed by atoms with Crippen molar-refractivity contribution in [3.63, 3.8) is 0 Å². The number of amides is 1. The molecule has 5 nitrogen and oxygen atoms in total. The van der Waals surface area contributed by atoms with Gasteiger partial charge in [0.2, 0.25) is 5.91 Å². The predicted molar refractivity (Wildman–Crippen MR) is 146 cm³/mol. The Hall–Kier alpha value is -3.39. The van der Waals surface area contributed by atoms with Gasteiger partial charge in [0.1, 0.15) is 4.83 Å². The van der Waals surface area contributed by atoms with Gasteiger partial charge in [0.05, 0.1) is 16.8 Å². The Labute approximate surface area is 215 Å². The van der Waals surface area contributed by atoms with Crippen LogP contribution < -0.4 is 10.9 Å². The number of fused-ring (bicyclic) bond motifs is 1. The maximum atomic E-state index is 13.8. The van der Waals surface area contributed by atoms with E-state index in [4.69, 9.17) is 16.6 Å². The van der Waals surface area contributed by atoms with E-state index in [1.807, 2.05) is 79.0 Å². The third kappa shape index (κ3) is 5.03. The number of benzene rings is 3. The lowest BCUT2D eigenvalue weighted by Gasteiger charge is -2.13. The molecular weight excluding hydrogens is 498 g/mol. The topological polar surface area (TPSA) is 64.0 Å². The highest BCUT2D eigenvalue weighted by Gasteiger charge is 2.19. The smallest absolute Gasteiger partial charge is 0.268 e. The van der Waals surface area contributed by atoms with Crippen molar-refractivity contribution in [1.29, 1.82) is 0 Å². The van der Waals surface area contributed by atoms with Crippen molar-refractivity contribution < 1.29 is 4.79 Å². The lowest BCUT2D eigenvalue weighted by molar-refractivity contribution is -0.113. The molecule has 0 radical (unpaired) electrons. The van der Waals surface area contributed by atoms with E-state index in [1.54, 1.807) is 16.7 Å². The number of para-hydroxylation sites is 1. The van der Waals surface area contributed by atoms with Gasteiger partial charge in [0.25, 0.3) is 5.56 Å². The highest BCUT2D eigenvalue weighted by atomic mass is 35.5. The molecule has 2 aromatic heterocycles. The standard InChI is InChI=1S/C27H20ClN3O2S2/c1-17-7-13-20(14-8-17)29-23(32)16-35-27-30-25-24(26(33)31(27)21-5-3-2-4-6-21)22(15-34-25)18-9-11-19(28)12-10-18/h2-15H,16H2,1H3,(H,29,32). The summed E-state index contributed by atoms with van der Waals surface area (Å²) in [6.07, 6.45) is 0. The minimum absolute atomic E-state index is 0.119. The summed E-state index contributed by atoms with van der Waals surface area (Å²) < 4.78 is 1.58. The molecule has 5 rings (SSSR count).